The van der Waals surface area contributed by atoms with Gasteiger partial charge in [0.25, 0.3) is 5.56 Å². The summed E-state index contributed by atoms with van der Waals surface area (Å²) in [5.74, 6) is 0. The van der Waals surface area contributed by atoms with Crippen molar-refractivity contribution in [2.24, 2.45) is 5.10 Å². The van der Waals surface area contributed by atoms with E-state index in [1.54, 1.807) is 13.1 Å². The molecule has 2 heterocycles. The number of benzene rings is 1. The third-order valence-corrected chi connectivity index (χ3v) is 4.18. The molecule has 3 aromatic rings. The molecule has 0 radical (unpaired) electrons. The lowest BCUT2D eigenvalue weighted by Crippen LogP contribution is -2.22. The summed E-state index contributed by atoms with van der Waals surface area (Å²) in [5.41, 5.74) is 3.24. The van der Waals surface area contributed by atoms with E-state index < -0.39 is 0 Å². The van der Waals surface area contributed by atoms with Gasteiger partial charge in [0.05, 0.1) is 6.21 Å². The maximum atomic E-state index is 12.1. The summed E-state index contributed by atoms with van der Waals surface area (Å²) in [4.78, 5) is 12.1. The average molecular weight is 327 g/mol. The predicted molar refractivity (Wildman–Crippen MR) is 93.8 cm³/mol. The fourth-order valence-corrected chi connectivity index (χ4v) is 2.90. The highest BCUT2D eigenvalue weighted by Gasteiger charge is 2.11. The van der Waals surface area contributed by atoms with Crippen LogP contribution >= 0.6 is 12.2 Å². The maximum absolute atomic E-state index is 12.1. The molecule has 0 aliphatic carbocycles. The molecule has 0 atom stereocenters. The van der Waals surface area contributed by atoms with E-state index in [1.165, 1.54) is 0 Å². The van der Waals surface area contributed by atoms with Crippen molar-refractivity contribution in [1.82, 2.24) is 19.4 Å². The minimum atomic E-state index is -0.318. The number of aromatic amines is 1. The van der Waals surface area contributed by atoms with Gasteiger partial charge in [-0.05, 0) is 39.1 Å². The second kappa shape index (κ2) is 5.92. The summed E-state index contributed by atoms with van der Waals surface area (Å²) in [6.07, 6.45) is 1.69. The van der Waals surface area contributed by atoms with Crippen LogP contribution in [0, 0.1) is 18.6 Å². The van der Waals surface area contributed by atoms with Crippen LogP contribution in [0.3, 0.4) is 0 Å². The van der Waals surface area contributed by atoms with E-state index in [1.807, 2.05) is 19.1 Å². The Hall–Kier alpha value is -2.54. The number of nitrogens with one attached hydrogen (secondary N) is 1. The van der Waals surface area contributed by atoms with Gasteiger partial charge in [-0.25, -0.2) is 0 Å². The Labute approximate surface area is 138 Å². The maximum Gasteiger partial charge on any atom is 0.296 e. The summed E-state index contributed by atoms with van der Waals surface area (Å²) in [7, 11) is 0. The Bertz CT molecular complexity index is 1030. The minimum absolute atomic E-state index is 0.175. The van der Waals surface area contributed by atoms with Crippen molar-refractivity contribution in [3.8, 4) is 0 Å². The van der Waals surface area contributed by atoms with Gasteiger partial charge in [-0.1, -0.05) is 18.2 Å². The van der Waals surface area contributed by atoms with Gasteiger partial charge >= 0.3 is 0 Å². The van der Waals surface area contributed by atoms with E-state index in [0.717, 1.165) is 33.4 Å². The zero-order chi connectivity index (χ0) is 16.6. The lowest BCUT2D eigenvalue weighted by molar-refractivity contribution is 0.720. The number of rotatable bonds is 3. The van der Waals surface area contributed by atoms with Gasteiger partial charge in [0.2, 0.25) is 4.77 Å². The molecule has 0 fully saturated rings. The molecule has 3 rings (SSSR count). The Morgan fingerprint density at radius 1 is 1.35 bits per heavy atom. The van der Waals surface area contributed by atoms with Gasteiger partial charge in [0.1, 0.15) is 5.69 Å². The summed E-state index contributed by atoms with van der Waals surface area (Å²) in [6.45, 7) is 6.64. The van der Waals surface area contributed by atoms with Crippen molar-refractivity contribution in [1.29, 1.82) is 0 Å². The second-order valence-electron chi connectivity index (χ2n) is 5.24. The summed E-state index contributed by atoms with van der Waals surface area (Å²) >= 11 is 5.10. The molecule has 23 heavy (non-hydrogen) atoms. The lowest BCUT2D eigenvalue weighted by atomic mass is 10.1. The molecule has 7 heteroatoms. The number of hydrogen-bond donors (Lipinski definition) is 1. The number of hydrogen-bond acceptors (Lipinski definition) is 4. The zero-order valence-corrected chi connectivity index (χ0v) is 14.0. The SMILES string of the molecule is CCn1c(C)c(/C=N\n2c(=S)[nH]nc(C)c2=O)c2ccccc21. The fraction of sp³-hybridized carbons (Fsp3) is 0.250. The molecular weight excluding hydrogens is 310 g/mol. The first-order valence-electron chi connectivity index (χ1n) is 7.35. The van der Waals surface area contributed by atoms with Crippen molar-refractivity contribution in [2.45, 2.75) is 27.3 Å². The fourth-order valence-electron chi connectivity index (χ4n) is 2.72. The van der Waals surface area contributed by atoms with Gasteiger partial charge in [0, 0.05) is 28.7 Å². The predicted octanol–water partition coefficient (Wildman–Crippen LogP) is 2.77. The third kappa shape index (κ3) is 2.53. The second-order valence-corrected chi connectivity index (χ2v) is 5.62. The van der Waals surface area contributed by atoms with Gasteiger partial charge < -0.3 is 4.57 Å². The largest absolute Gasteiger partial charge is 0.344 e. The topological polar surface area (TPSA) is 68.0 Å². The Balaban J connectivity index is 2.20. The first-order valence-corrected chi connectivity index (χ1v) is 7.76. The normalized spacial score (nSPS) is 11.6. The Morgan fingerprint density at radius 2 is 2.09 bits per heavy atom. The molecule has 0 aliphatic heterocycles. The third-order valence-electron chi connectivity index (χ3n) is 3.91. The van der Waals surface area contributed by atoms with Crippen LogP contribution in [0.25, 0.3) is 10.9 Å². The highest BCUT2D eigenvalue weighted by atomic mass is 32.1. The molecule has 0 saturated heterocycles. The van der Waals surface area contributed by atoms with Crippen LogP contribution in [0.15, 0.2) is 34.2 Å². The molecular formula is C16H17N5OS. The van der Waals surface area contributed by atoms with E-state index in [2.05, 4.69) is 38.9 Å². The quantitative estimate of drug-likeness (QED) is 0.594. The molecule has 1 N–H and O–H groups in total. The number of aryl methyl sites for hydroxylation is 2. The number of nitrogens with zero attached hydrogens (tertiary/aromatic N) is 4. The molecule has 1 aromatic carbocycles. The summed E-state index contributed by atoms with van der Waals surface area (Å²) in [5, 5.41) is 11.8. The van der Waals surface area contributed by atoms with Crippen LogP contribution in [-0.2, 0) is 6.54 Å². The van der Waals surface area contributed by atoms with Crippen LogP contribution < -0.4 is 5.56 Å². The number of para-hydroxylation sites is 1. The first kappa shape index (κ1) is 15.4. The van der Waals surface area contributed by atoms with Crippen molar-refractivity contribution in [3.05, 3.63) is 56.3 Å². The van der Waals surface area contributed by atoms with Gasteiger partial charge in [0.15, 0.2) is 0 Å². The van der Waals surface area contributed by atoms with E-state index >= 15 is 0 Å². The average Bonchev–Trinajstić information content (AvgIpc) is 2.82. The van der Waals surface area contributed by atoms with Crippen LogP contribution in [-0.4, -0.2) is 25.7 Å². The monoisotopic (exact) mass is 327 g/mol. The number of aromatic nitrogens is 4. The van der Waals surface area contributed by atoms with Gasteiger partial charge in [-0.2, -0.15) is 14.9 Å². The number of fused-ring (bicyclic) bond motifs is 1. The molecule has 0 spiro atoms. The summed E-state index contributed by atoms with van der Waals surface area (Å²) in [6, 6.07) is 8.14. The molecule has 0 aliphatic rings. The van der Waals surface area contributed by atoms with Crippen molar-refractivity contribution >= 4 is 29.3 Å². The van der Waals surface area contributed by atoms with Crippen LogP contribution in [0.5, 0.6) is 0 Å². The standard InChI is InChI=1S/C16H17N5OS/c1-4-20-11(3)13(12-7-5-6-8-14(12)20)9-17-21-15(22)10(2)18-19-16(21)23/h5-9H,4H2,1-3H3,(H,19,23)/b17-9-. The lowest BCUT2D eigenvalue weighted by Gasteiger charge is -2.03. The van der Waals surface area contributed by atoms with Crippen LogP contribution in [0.4, 0.5) is 0 Å². The Kier molecular flexibility index (Phi) is 3.96. The molecule has 6 nitrogen and oxygen atoms in total. The molecule has 0 amide bonds. The smallest absolute Gasteiger partial charge is 0.296 e. The first-order chi connectivity index (χ1) is 11.0. The van der Waals surface area contributed by atoms with Crippen LogP contribution in [0.2, 0.25) is 0 Å². The molecule has 2 aromatic heterocycles. The van der Waals surface area contributed by atoms with E-state index in [4.69, 9.17) is 12.2 Å². The zero-order valence-electron chi connectivity index (χ0n) is 13.2. The molecule has 0 unspecified atom stereocenters. The van der Waals surface area contributed by atoms with Crippen LogP contribution in [0.1, 0.15) is 23.9 Å². The Morgan fingerprint density at radius 3 is 2.83 bits per heavy atom. The van der Waals surface area contributed by atoms with Crippen molar-refractivity contribution in [2.75, 3.05) is 0 Å². The highest BCUT2D eigenvalue weighted by molar-refractivity contribution is 7.71. The van der Waals surface area contributed by atoms with Crippen molar-refractivity contribution < 1.29 is 0 Å². The van der Waals surface area contributed by atoms with E-state index in [0.29, 0.717) is 5.69 Å². The van der Waals surface area contributed by atoms with Crippen molar-refractivity contribution in [3.63, 3.8) is 0 Å². The number of H-pyrrole nitrogens is 1. The minimum Gasteiger partial charge on any atom is -0.344 e. The van der Waals surface area contributed by atoms with E-state index in [-0.39, 0.29) is 10.3 Å². The molecule has 118 valence electrons. The summed E-state index contributed by atoms with van der Waals surface area (Å²) < 4.78 is 3.56. The van der Waals surface area contributed by atoms with Gasteiger partial charge in [-0.15, -0.1) is 0 Å². The highest BCUT2D eigenvalue weighted by Crippen LogP contribution is 2.24. The van der Waals surface area contributed by atoms with E-state index in [9.17, 15) is 4.79 Å². The van der Waals surface area contributed by atoms with Gasteiger partial charge in [-0.3, -0.25) is 9.89 Å². The molecule has 0 bridgehead atoms. The molecule has 0 saturated carbocycles.